The molecule has 114 valence electrons. The van der Waals surface area contributed by atoms with Crippen molar-refractivity contribution in [3.8, 4) is 0 Å². The van der Waals surface area contributed by atoms with E-state index < -0.39 is 0 Å². The third-order valence-electron chi connectivity index (χ3n) is 4.00. The average Bonchev–Trinajstić information content (AvgIpc) is 2.49. The van der Waals surface area contributed by atoms with Crippen molar-refractivity contribution in [2.75, 3.05) is 0 Å². The summed E-state index contributed by atoms with van der Waals surface area (Å²) in [6, 6.07) is 5.98. The molecule has 0 heterocycles. The maximum absolute atomic E-state index is 12.8. The van der Waals surface area contributed by atoms with Gasteiger partial charge in [0.05, 0.1) is 6.42 Å². The van der Waals surface area contributed by atoms with Crippen LogP contribution < -0.4 is 5.43 Å². The predicted molar refractivity (Wildman–Crippen MR) is 82.5 cm³/mol. The number of rotatable bonds is 5. The zero-order valence-electron chi connectivity index (χ0n) is 12.6. The molecule has 1 amide bonds. The Hall–Kier alpha value is -1.71. The van der Waals surface area contributed by atoms with Crippen molar-refractivity contribution in [3.63, 3.8) is 0 Å². The summed E-state index contributed by atoms with van der Waals surface area (Å²) in [5.74, 6) is 0.386. The molecule has 1 aromatic rings. The van der Waals surface area contributed by atoms with Gasteiger partial charge in [-0.25, -0.2) is 9.82 Å². The highest BCUT2D eigenvalue weighted by Gasteiger charge is 2.16. The van der Waals surface area contributed by atoms with Crippen molar-refractivity contribution in [3.05, 3.63) is 35.6 Å². The highest BCUT2D eigenvalue weighted by atomic mass is 19.1. The third-order valence-corrected chi connectivity index (χ3v) is 4.00. The summed E-state index contributed by atoms with van der Waals surface area (Å²) in [6.07, 6.45) is 7.11. The minimum Gasteiger partial charge on any atom is -0.273 e. The van der Waals surface area contributed by atoms with Gasteiger partial charge in [0.25, 0.3) is 0 Å². The number of nitrogens with zero attached hydrogens (tertiary/aromatic N) is 1. The van der Waals surface area contributed by atoms with Crippen LogP contribution in [-0.4, -0.2) is 11.6 Å². The summed E-state index contributed by atoms with van der Waals surface area (Å²) in [4.78, 5) is 11.8. The van der Waals surface area contributed by atoms with Crippen LogP contribution in [0.4, 0.5) is 4.39 Å². The molecule has 1 saturated carbocycles. The van der Waals surface area contributed by atoms with Crippen LogP contribution in [-0.2, 0) is 11.2 Å². The van der Waals surface area contributed by atoms with Crippen molar-refractivity contribution in [1.82, 2.24) is 5.43 Å². The van der Waals surface area contributed by atoms with Gasteiger partial charge in [-0.2, -0.15) is 5.10 Å². The molecule has 4 heteroatoms. The Morgan fingerprint density at radius 3 is 2.57 bits per heavy atom. The normalized spacial score (nSPS) is 18.4. The van der Waals surface area contributed by atoms with Gasteiger partial charge in [-0.1, -0.05) is 31.9 Å². The summed E-state index contributed by atoms with van der Waals surface area (Å²) in [7, 11) is 0. The van der Waals surface area contributed by atoms with Crippen LogP contribution in [0.25, 0.3) is 0 Å². The van der Waals surface area contributed by atoms with Crippen LogP contribution in [0.5, 0.6) is 0 Å². The molecular weight excluding hydrogens is 267 g/mol. The van der Waals surface area contributed by atoms with E-state index >= 15 is 0 Å². The van der Waals surface area contributed by atoms with Crippen molar-refractivity contribution in [2.24, 2.45) is 11.0 Å². The van der Waals surface area contributed by atoms with Gasteiger partial charge >= 0.3 is 0 Å². The van der Waals surface area contributed by atoms with E-state index in [1.807, 2.05) is 0 Å². The van der Waals surface area contributed by atoms with Crippen LogP contribution in [0.2, 0.25) is 0 Å². The first-order valence-corrected chi connectivity index (χ1v) is 7.76. The van der Waals surface area contributed by atoms with E-state index in [9.17, 15) is 9.18 Å². The molecule has 0 radical (unpaired) electrons. The number of halogens is 1. The largest absolute Gasteiger partial charge is 0.273 e. The second-order valence-electron chi connectivity index (χ2n) is 5.75. The van der Waals surface area contributed by atoms with Crippen molar-refractivity contribution in [2.45, 2.75) is 51.9 Å². The second kappa shape index (κ2) is 7.91. The molecule has 0 saturated heterocycles. The van der Waals surface area contributed by atoms with Crippen molar-refractivity contribution >= 4 is 11.6 Å². The number of nitrogens with one attached hydrogen (secondary N) is 1. The molecule has 1 N–H and O–H groups in total. The zero-order chi connectivity index (χ0) is 15.1. The Morgan fingerprint density at radius 2 is 1.95 bits per heavy atom. The third kappa shape index (κ3) is 5.29. The van der Waals surface area contributed by atoms with E-state index in [4.69, 9.17) is 0 Å². The van der Waals surface area contributed by atoms with Gasteiger partial charge in [0.2, 0.25) is 5.91 Å². The van der Waals surface area contributed by atoms with Crippen molar-refractivity contribution in [1.29, 1.82) is 0 Å². The van der Waals surface area contributed by atoms with E-state index in [0.29, 0.717) is 0 Å². The Labute approximate surface area is 125 Å². The molecule has 1 aromatic carbocycles. The molecule has 1 aliphatic rings. The maximum Gasteiger partial charge on any atom is 0.244 e. The lowest BCUT2D eigenvalue weighted by molar-refractivity contribution is -0.120. The van der Waals surface area contributed by atoms with Gasteiger partial charge in [-0.05, 0) is 49.3 Å². The van der Waals surface area contributed by atoms with E-state index in [1.165, 1.54) is 37.8 Å². The smallest absolute Gasteiger partial charge is 0.244 e. The minimum atomic E-state index is -0.289. The Morgan fingerprint density at radius 1 is 1.29 bits per heavy atom. The van der Waals surface area contributed by atoms with Gasteiger partial charge in [0, 0.05) is 5.71 Å². The van der Waals surface area contributed by atoms with Gasteiger partial charge < -0.3 is 0 Å². The molecule has 0 bridgehead atoms. The molecule has 3 nitrogen and oxygen atoms in total. The molecule has 0 aromatic heterocycles. The van der Waals surface area contributed by atoms with Gasteiger partial charge in [0.1, 0.15) is 5.82 Å². The fraction of sp³-hybridized carbons (Fsp3) is 0.529. The zero-order valence-corrected chi connectivity index (χ0v) is 12.6. The highest BCUT2D eigenvalue weighted by molar-refractivity contribution is 5.87. The van der Waals surface area contributed by atoms with Crippen LogP contribution in [0.1, 0.15) is 51.0 Å². The lowest BCUT2D eigenvalue weighted by Gasteiger charge is -2.22. The number of carbonyl (C=O) groups is 1. The topological polar surface area (TPSA) is 41.5 Å². The fourth-order valence-electron chi connectivity index (χ4n) is 2.79. The predicted octanol–water partition coefficient (Wildman–Crippen LogP) is 3.83. The first-order valence-electron chi connectivity index (χ1n) is 7.76. The fourth-order valence-corrected chi connectivity index (χ4v) is 2.79. The van der Waals surface area contributed by atoms with Crippen LogP contribution in [0.15, 0.2) is 29.4 Å². The summed E-state index contributed by atoms with van der Waals surface area (Å²) in [5, 5.41) is 4.23. The van der Waals surface area contributed by atoms with E-state index in [2.05, 4.69) is 17.5 Å². The van der Waals surface area contributed by atoms with Crippen LogP contribution in [0.3, 0.4) is 0 Å². The lowest BCUT2D eigenvalue weighted by atomic mass is 9.85. The average molecular weight is 290 g/mol. The molecule has 1 fully saturated rings. The Balaban J connectivity index is 1.76. The lowest BCUT2D eigenvalue weighted by Crippen LogP contribution is -2.23. The van der Waals surface area contributed by atoms with Crippen LogP contribution in [0, 0.1) is 11.7 Å². The summed E-state index contributed by atoms with van der Waals surface area (Å²) in [5.41, 5.74) is 4.50. The maximum atomic E-state index is 12.8. The number of carbonyl (C=O) groups excluding carboxylic acids is 1. The molecular formula is C17H23FN2O. The monoisotopic (exact) mass is 290 g/mol. The number of benzene rings is 1. The number of hydrazone groups is 1. The first-order chi connectivity index (χ1) is 10.2. The molecule has 0 atom stereocenters. The van der Waals surface area contributed by atoms with E-state index in [0.717, 1.165) is 30.0 Å². The minimum absolute atomic E-state index is 0.148. The van der Waals surface area contributed by atoms with Crippen molar-refractivity contribution < 1.29 is 9.18 Å². The van der Waals surface area contributed by atoms with Gasteiger partial charge in [-0.3, -0.25) is 4.79 Å². The molecule has 0 spiro atoms. The highest BCUT2D eigenvalue weighted by Crippen LogP contribution is 2.25. The summed E-state index contributed by atoms with van der Waals surface area (Å²) in [6.45, 7) is 2.22. The Bertz CT molecular complexity index is 486. The number of hydrogen-bond acceptors (Lipinski definition) is 2. The summed E-state index contributed by atoms with van der Waals surface area (Å²) < 4.78 is 12.8. The molecule has 21 heavy (non-hydrogen) atoms. The summed E-state index contributed by atoms with van der Waals surface area (Å²) >= 11 is 0. The van der Waals surface area contributed by atoms with E-state index in [-0.39, 0.29) is 18.1 Å². The number of hydrogen-bond donors (Lipinski definition) is 1. The standard InChI is InChI=1S/C17H23FN2O/c1-2-3-13-6-10-16(11-7-13)19-20-17(21)12-14-4-8-15(18)9-5-14/h4-5,8-9,13H,2-3,6-7,10-12H2,1H3,(H,20,21). The second-order valence-corrected chi connectivity index (χ2v) is 5.75. The van der Waals surface area contributed by atoms with E-state index in [1.54, 1.807) is 12.1 Å². The van der Waals surface area contributed by atoms with Gasteiger partial charge in [-0.15, -0.1) is 0 Å². The SMILES string of the molecule is CCCC1CCC(=NNC(=O)Cc2ccc(F)cc2)CC1. The quantitative estimate of drug-likeness (QED) is 0.823. The Kier molecular flexibility index (Phi) is 5.90. The van der Waals surface area contributed by atoms with Crippen LogP contribution >= 0.6 is 0 Å². The molecule has 2 rings (SSSR count). The molecule has 0 aliphatic heterocycles. The van der Waals surface area contributed by atoms with Gasteiger partial charge in [0.15, 0.2) is 0 Å². The first kappa shape index (κ1) is 15.7. The number of amides is 1. The molecule has 1 aliphatic carbocycles. The molecule has 0 unspecified atom stereocenters.